The zero-order valence-corrected chi connectivity index (χ0v) is 15.3. The van der Waals surface area contributed by atoms with Crippen molar-refractivity contribution >= 4 is 29.2 Å². The lowest BCUT2D eigenvalue weighted by molar-refractivity contribution is 0.309. The number of nitrogens with zero attached hydrogens (tertiary/aromatic N) is 3. The first-order chi connectivity index (χ1) is 12.2. The lowest BCUT2D eigenvalue weighted by Crippen LogP contribution is -2.02. The predicted octanol–water partition coefficient (Wildman–Crippen LogP) is 4.72. The largest absolute Gasteiger partial charge is 0.493 e. The number of rotatable bonds is 7. The summed E-state index contributed by atoms with van der Waals surface area (Å²) >= 11 is 5.27. The van der Waals surface area contributed by atoms with Crippen LogP contribution in [0.2, 0.25) is 0 Å². The van der Waals surface area contributed by atoms with Crippen LogP contribution in [0.3, 0.4) is 0 Å². The number of aromatic nitrogens is 3. The molecule has 0 aliphatic heterocycles. The van der Waals surface area contributed by atoms with Gasteiger partial charge in [0.05, 0.1) is 12.8 Å². The molecular weight excluding hydrogens is 332 g/mol. The normalized spacial score (nSPS) is 11.4. The van der Waals surface area contributed by atoms with Gasteiger partial charge in [0.1, 0.15) is 5.75 Å². The number of hydrogen-bond acceptors (Lipinski definition) is 4. The monoisotopic (exact) mass is 354 g/mol. The molecule has 130 valence electrons. The molecule has 0 unspecified atom stereocenters. The molecule has 0 bridgehead atoms. The number of hydrogen-bond donors (Lipinski definition) is 1. The highest BCUT2D eigenvalue weighted by molar-refractivity contribution is 7.71. The average molecular weight is 354 g/mol. The van der Waals surface area contributed by atoms with E-state index in [4.69, 9.17) is 17.0 Å². The number of aryl methyl sites for hydroxylation is 1. The molecule has 0 amide bonds. The van der Waals surface area contributed by atoms with Gasteiger partial charge in [-0.1, -0.05) is 50.6 Å². The Morgan fingerprint density at radius 1 is 1.24 bits per heavy atom. The number of aromatic amines is 1. The van der Waals surface area contributed by atoms with Gasteiger partial charge >= 0.3 is 0 Å². The predicted molar refractivity (Wildman–Crippen MR) is 104 cm³/mol. The molecule has 0 saturated heterocycles. The van der Waals surface area contributed by atoms with Gasteiger partial charge in [0.15, 0.2) is 5.82 Å². The van der Waals surface area contributed by atoms with Crippen LogP contribution in [0.15, 0.2) is 41.5 Å². The van der Waals surface area contributed by atoms with Crippen molar-refractivity contribution in [1.82, 2.24) is 14.9 Å². The molecule has 25 heavy (non-hydrogen) atoms. The number of fused-ring (bicyclic) bond motifs is 1. The van der Waals surface area contributed by atoms with E-state index in [1.807, 2.05) is 31.3 Å². The molecule has 0 atom stereocenters. The first kappa shape index (κ1) is 17.4. The number of nitrogens with one attached hydrogen (secondary N) is 1. The number of H-pyrrole nitrogens is 1. The van der Waals surface area contributed by atoms with Crippen molar-refractivity contribution in [1.29, 1.82) is 0 Å². The van der Waals surface area contributed by atoms with Crippen LogP contribution in [0.25, 0.3) is 10.8 Å². The van der Waals surface area contributed by atoms with E-state index in [2.05, 4.69) is 40.4 Å². The summed E-state index contributed by atoms with van der Waals surface area (Å²) in [7, 11) is 0. The fourth-order valence-corrected chi connectivity index (χ4v) is 2.85. The maximum absolute atomic E-state index is 5.99. The van der Waals surface area contributed by atoms with Gasteiger partial charge in [0, 0.05) is 12.0 Å². The van der Waals surface area contributed by atoms with E-state index in [-0.39, 0.29) is 0 Å². The Kier molecular flexibility index (Phi) is 5.60. The molecule has 0 spiro atoms. The second-order valence-corrected chi connectivity index (χ2v) is 6.14. The minimum Gasteiger partial charge on any atom is -0.493 e. The van der Waals surface area contributed by atoms with Gasteiger partial charge in [-0.2, -0.15) is 14.9 Å². The SMILES string of the molecule is CCCCOc1ccc2ccccc2c1C=Nn1c(CC)n[nH]c1=S. The van der Waals surface area contributed by atoms with Crippen LogP contribution in [0.1, 0.15) is 38.1 Å². The van der Waals surface area contributed by atoms with Crippen molar-refractivity contribution < 1.29 is 4.74 Å². The Bertz CT molecular complexity index is 942. The number of benzene rings is 2. The molecule has 0 radical (unpaired) electrons. The first-order valence-corrected chi connectivity index (χ1v) is 9.00. The van der Waals surface area contributed by atoms with Crippen LogP contribution in [0, 0.1) is 4.77 Å². The van der Waals surface area contributed by atoms with Gasteiger partial charge in [0.2, 0.25) is 4.77 Å². The van der Waals surface area contributed by atoms with E-state index in [0.29, 0.717) is 11.4 Å². The lowest BCUT2D eigenvalue weighted by Gasteiger charge is -2.11. The molecule has 0 saturated carbocycles. The third-order valence-corrected chi connectivity index (χ3v) is 4.29. The van der Waals surface area contributed by atoms with Crippen LogP contribution in [-0.4, -0.2) is 27.7 Å². The highest BCUT2D eigenvalue weighted by Crippen LogP contribution is 2.27. The second kappa shape index (κ2) is 8.07. The highest BCUT2D eigenvalue weighted by atomic mass is 32.1. The van der Waals surface area contributed by atoms with Crippen molar-refractivity contribution in [3.63, 3.8) is 0 Å². The summed E-state index contributed by atoms with van der Waals surface area (Å²) in [6.07, 6.45) is 4.69. The van der Waals surface area contributed by atoms with Gasteiger partial charge in [0.25, 0.3) is 0 Å². The molecular formula is C19H22N4OS. The topological polar surface area (TPSA) is 55.2 Å². The minimum atomic E-state index is 0.488. The van der Waals surface area contributed by atoms with Crippen molar-refractivity contribution in [3.05, 3.63) is 52.6 Å². The fourth-order valence-electron chi connectivity index (χ4n) is 2.65. The molecule has 0 aliphatic carbocycles. The van der Waals surface area contributed by atoms with Gasteiger partial charge in [-0.15, -0.1) is 0 Å². The van der Waals surface area contributed by atoms with Crippen LogP contribution in [0.5, 0.6) is 5.75 Å². The van der Waals surface area contributed by atoms with Crippen molar-refractivity contribution in [2.45, 2.75) is 33.1 Å². The summed E-state index contributed by atoms with van der Waals surface area (Å²) < 4.78 is 8.14. The van der Waals surface area contributed by atoms with Gasteiger partial charge in [-0.05, 0) is 35.5 Å². The Balaban J connectivity index is 2.05. The summed E-state index contributed by atoms with van der Waals surface area (Å²) in [5, 5.41) is 13.8. The van der Waals surface area contributed by atoms with E-state index < -0.39 is 0 Å². The number of ether oxygens (including phenoxy) is 1. The Morgan fingerprint density at radius 3 is 2.88 bits per heavy atom. The highest BCUT2D eigenvalue weighted by Gasteiger charge is 2.08. The molecule has 1 aromatic heterocycles. The molecule has 0 aliphatic rings. The summed E-state index contributed by atoms with van der Waals surface area (Å²) in [6.45, 7) is 4.87. The average Bonchev–Trinajstić information content (AvgIpc) is 3.00. The van der Waals surface area contributed by atoms with E-state index in [1.54, 1.807) is 4.68 Å². The standard InChI is InChI=1S/C19H22N4OS/c1-3-5-12-24-17-11-10-14-8-6-7-9-15(14)16(17)13-20-23-18(4-2)21-22-19(23)25/h6-11,13H,3-5,12H2,1-2H3,(H,22,25). The van der Waals surface area contributed by atoms with Crippen molar-refractivity contribution in [2.24, 2.45) is 5.10 Å². The quantitative estimate of drug-likeness (QED) is 0.379. The molecule has 5 nitrogen and oxygen atoms in total. The maximum Gasteiger partial charge on any atom is 0.216 e. The summed E-state index contributed by atoms with van der Waals surface area (Å²) in [4.78, 5) is 0. The Labute approximate surface area is 152 Å². The third kappa shape index (κ3) is 3.79. The zero-order valence-electron chi connectivity index (χ0n) is 14.5. The lowest BCUT2D eigenvalue weighted by atomic mass is 10.0. The summed E-state index contributed by atoms with van der Waals surface area (Å²) in [5.74, 6) is 1.64. The molecule has 3 rings (SSSR count). The maximum atomic E-state index is 5.99. The van der Waals surface area contributed by atoms with Crippen LogP contribution >= 0.6 is 12.2 Å². The van der Waals surface area contributed by atoms with E-state index in [0.717, 1.165) is 47.2 Å². The van der Waals surface area contributed by atoms with Crippen LogP contribution < -0.4 is 4.74 Å². The molecule has 0 fully saturated rings. The zero-order chi connectivity index (χ0) is 17.6. The molecule has 2 aromatic carbocycles. The fraction of sp³-hybridized carbons (Fsp3) is 0.316. The molecule has 3 aromatic rings. The molecule has 1 heterocycles. The van der Waals surface area contributed by atoms with Crippen LogP contribution in [0.4, 0.5) is 0 Å². The summed E-state index contributed by atoms with van der Waals surface area (Å²) in [5.41, 5.74) is 0.958. The smallest absolute Gasteiger partial charge is 0.216 e. The molecule has 1 N–H and O–H groups in total. The van der Waals surface area contributed by atoms with Gasteiger partial charge < -0.3 is 4.74 Å². The second-order valence-electron chi connectivity index (χ2n) is 5.76. The van der Waals surface area contributed by atoms with E-state index in [9.17, 15) is 0 Å². The van der Waals surface area contributed by atoms with Crippen molar-refractivity contribution in [3.8, 4) is 5.75 Å². The van der Waals surface area contributed by atoms with Crippen LogP contribution in [-0.2, 0) is 6.42 Å². The third-order valence-electron chi connectivity index (χ3n) is 4.02. The summed E-state index contributed by atoms with van der Waals surface area (Å²) in [6, 6.07) is 12.3. The minimum absolute atomic E-state index is 0.488. The Morgan fingerprint density at radius 2 is 2.08 bits per heavy atom. The van der Waals surface area contributed by atoms with Crippen molar-refractivity contribution in [2.75, 3.05) is 6.61 Å². The van der Waals surface area contributed by atoms with Gasteiger partial charge in [-0.3, -0.25) is 5.10 Å². The Hall–Kier alpha value is -2.47. The first-order valence-electron chi connectivity index (χ1n) is 8.59. The van der Waals surface area contributed by atoms with E-state index >= 15 is 0 Å². The molecule has 6 heteroatoms. The number of unbranched alkanes of at least 4 members (excludes halogenated alkanes) is 1. The van der Waals surface area contributed by atoms with Gasteiger partial charge in [-0.25, -0.2) is 0 Å². The van der Waals surface area contributed by atoms with E-state index in [1.165, 1.54) is 0 Å².